The normalized spacial score (nSPS) is 12.3. The lowest BCUT2D eigenvalue weighted by Gasteiger charge is -2.17. The monoisotopic (exact) mass is 388 g/mol. The minimum Gasteiger partial charge on any atom is -0.459 e. The van der Waals surface area contributed by atoms with Crippen LogP contribution in [0.1, 0.15) is 30.3 Å². The zero-order valence-electron chi connectivity index (χ0n) is 14.9. The molecular weight excluding hydrogens is 368 g/mol. The molecule has 2 aromatic heterocycles. The van der Waals surface area contributed by atoms with Gasteiger partial charge in [0.1, 0.15) is 17.5 Å². The second-order valence-electron chi connectivity index (χ2n) is 5.83. The van der Waals surface area contributed by atoms with Crippen LogP contribution in [0.2, 0.25) is 0 Å². The van der Waals surface area contributed by atoms with Crippen molar-refractivity contribution in [3.63, 3.8) is 0 Å². The molecule has 5 nitrogen and oxygen atoms in total. The molecule has 7 heteroatoms. The van der Waals surface area contributed by atoms with Gasteiger partial charge < -0.3 is 4.74 Å². The molecule has 3 rings (SSSR count). The molecule has 0 aliphatic heterocycles. The number of hydrogen-bond acceptors (Lipinski definition) is 6. The predicted octanol–water partition coefficient (Wildman–Crippen LogP) is 4.05. The first kappa shape index (κ1) is 18.7. The van der Waals surface area contributed by atoms with Gasteiger partial charge >= 0.3 is 5.97 Å². The fraction of sp³-hybridized carbons (Fsp3) is 0.316. The van der Waals surface area contributed by atoms with E-state index < -0.39 is 12.0 Å². The maximum Gasteiger partial charge on any atom is 0.329 e. The third-order valence-electron chi connectivity index (χ3n) is 4.10. The molecule has 3 aromatic rings. The third kappa shape index (κ3) is 3.68. The van der Waals surface area contributed by atoms with E-state index in [9.17, 15) is 9.59 Å². The largest absolute Gasteiger partial charge is 0.459 e. The average molecular weight is 389 g/mol. The van der Waals surface area contributed by atoms with Crippen LogP contribution < -0.4 is 5.56 Å². The number of fused-ring (bicyclic) bond motifs is 1. The minimum absolute atomic E-state index is 0.182. The van der Waals surface area contributed by atoms with Gasteiger partial charge in [-0.25, -0.2) is 9.78 Å². The van der Waals surface area contributed by atoms with Crippen LogP contribution in [0.25, 0.3) is 10.2 Å². The fourth-order valence-corrected chi connectivity index (χ4v) is 4.28. The molecule has 0 saturated heterocycles. The predicted molar refractivity (Wildman–Crippen MR) is 106 cm³/mol. The van der Waals surface area contributed by atoms with Gasteiger partial charge in [-0.15, -0.1) is 11.3 Å². The molecule has 0 spiro atoms. The van der Waals surface area contributed by atoms with E-state index in [0.29, 0.717) is 10.5 Å². The third-order valence-corrected chi connectivity index (χ3v) is 5.93. The second kappa shape index (κ2) is 8.05. The lowest BCUT2D eigenvalue weighted by molar-refractivity contribution is -0.148. The van der Waals surface area contributed by atoms with Gasteiger partial charge in [0, 0.05) is 4.88 Å². The van der Waals surface area contributed by atoms with Crippen LogP contribution in [0.15, 0.2) is 46.3 Å². The standard InChI is InChI=1S/C19H20N2O3S2/c1-4-14-10-15-16(26-14)20-19(25-3)21(17(15)22)12(2)18(23)24-11-13-8-6-5-7-9-13/h5-10,12H,4,11H2,1-3H3. The summed E-state index contributed by atoms with van der Waals surface area (Å²) in [4.78, 5) is 31.9. The minimum atomic E-state index is -0.740. The average Bonchev–Trinajstić information content (AvgIpc) is 3.10. The molecule has 0 saturated carbocycles. The van der Waals surface area contributed by atoms with E-state index >= 15 is 0 Å². The molecule has 1 aromatic carbocycles. The van der Waals surface area contributed by atoms with E-state index in [1.54, 1.807) is 6.92 Å². The molecule has 136 valence electrons. The van der Waals surface area contributed by atoms with Crippen molar-refractivity contribution in [2.75, 3.05) is 6.26 Å². The molecule has 2 heterocycles. The van der Waals surface area contributed by atoms with Crippen LogP contribution in [0.3, 0.4) is 0 Å². The number of rotatable bonds is 6. The number of esters is 1. The van der Waals surface area contributed by atoms with Gasteiger partial charge in [-0.1, -0.05) is 49.0 Å². The maximum absolute atomic E-state index is 13.0. The molecule has 1 unspecified atom stereocenters. The van der Waals surface area contributed by atoms with Crippen molar-refractivity contribution in [3.8, 4) is 0 Å². The highest BCUT2D eigenvalue weighted by atomic mass is 32.2. The van der Waals surface area contributed by atoms with Crippen molar-refractivity contribution in [2.24, 2.45) is 0 Å². The van der Waals surface area contributed by atoms with Crippen molar-refractivity contribution in [1.29, 1.82) is 0 Å². The van der Waals surface area contributed by atoms with E-state index in [4.69, 9.17) is 4.74 Å². The van der Waals surface area contributed by atoms with Crippen molar-refractivity contribution in [1.82, 2.24) is 9.55 Å². The fourth-order valence-electron chi connectivity index (χ4n) is 2.64. The molecule has 0 amide bonds. The van der Waals surface area contributed by atoms with Crippen LogP contribution in [0.4, 0.5) is 0 Å². The highest BCUT2D eigenvalue weighted by Gasteiger charge is 2.23. The van der Waals surface area contributed by atoms with Crippen molar-refractivity contribution >= 4 is 39.3 Å². The summed E-state index contributed by atoms with van der Waals surface area (Å²) in [7, 11) is 0. The molecular formula is C19H20N2O3S2. The van der Waals surface area contributed by atoms with Crippen LogP contribution >= 0.6 is 23.1 Å². The Kier molecular flexibility index (Phi) is 5.78. The van der Waals surface area contributed by atoms with Gasteiger partial charge in [-0.2, -0.15) is 0 Å². The maximum atomic E-state index is 13.0. The topological polar surface area (TPSA) is 61.2 Å². The first-order valence-corrected chi connectivity index (χ1v) is 10.4. The van der Waals surface area contributed by atoms with Crippen molar-refractivity contribution in [3.05, 3.63) is 57.2 Å². The summed E-state index contributed by atoms with van der Waals surface area (Å²) in [5.41, 5.74) is 0.712. The van der Waals surface area contributed by atoms with Crippen molar-refractivity contribution in [2.45, 2.75) is 38.1 Å². The molecule has 0 aliphatic carbocycles. The number of ether oxygens (including phenoxy) is 1. The lowest BCUT2D eigenvalue weighted by atomic mass is 10.2. The quantitative estimate of drug-likeness (QED) is 0.362. The molecule has 0 fully saturated rings. The number of thioether (sulfide) groups is 1. The summed E-state index contributed by atoms with van der Waals surface area (Å²) in [5.74, 6) is -0.446. The lowest BCUT2D eigenvalue weighted by Crippen LogP contribution is -2.31. The Balaban J connectivity index is 1.91. The zero-order chi connectivity index (χ0) is 18.7. The van der Waals surface area contributed by atoms with Gasteiger partial charge in [0.2, 0.25) is 0 Å². The molecule has 1 atom stereocenters. The molecule has 0 bridgehead atoms. The molecule has 0 radical (unpaired) electrons. The summed E-state index contributed by atoms with van der Waals surface area (Å²) in [6.45, 7) is 3.90. The van der Waals surface area contributed by atoms with Gasteiger partial charge in [0.05, 0.1) is 5.39 Å². The Labute approximate surface area is 160 Å². The van der Waals surface area contributed by atoms with Gasteiger partial charge in [0.15, 0.2) is 5.16 Å². The number of carbonyl (C=O) groups excluding carboxylic acids is 1. The summed E-state index contributed by atoms with van der Waals surface area (Å²) >= 11 is 2.88. The Hall–Kier alpha value is -2.12. The first-order chi connectivity index (χ1) is 12.5. The Morgan fingerprint density at radius 2 is 2.08 bits per heavy atom. The van der Waals surface area contributed by atoms with E-state index in [2.05, 4.69) is 4.98 Å². The van der Waals surface area contributed by atoms with E-state index in [1.807, 2.05) is 49.6 Å². The number of hydrogen-bond donors (Lipinski definition) is 0. The smallest absolute Gasteiger partial charge is 0.329 e. The second-order valence-corrected chi connectivity index (χ2v) is 7.72. The first-order valence-electron chi connectivity index (χ1n) is 8.34. The molecule has 26 heavy (non-hydrogen) atoms. The van der Waals surface area contributed by atoms with Crippen LogP contribution in [0, 0.1) is 0 Å². The number of carbonyl (C=O) groups is 1. The molecule has 0 aliphatic rings. The summed E-state index contributed by atoms with van der Waals surface area (Å²) in [6.07, 6.45) is 2.70. The van der Waals surface area contributed by atoms with Crippen LogP contribution in [-0.2, 0) is 22.6 Å². The van der Waals surface area contributed by atoms with Gasteiger partial charge in [-0.3, -0.25) is 9.36 Å². The highest BCUT2D eigenvalue weighted by molar-refractivity contribution is 7.98. The summed E-state index contributed by atoms with van der Waals surface area (Å²) in [5, 5.41) is 1.09. The summed E-state index contributed by atoms with van der Waals surface area (Å²) < 4.78 is 6.84. The number of aryl methyl sites for hydroxylation is 1. The van der Waals surface area contributed by atoms with Crippen LogP contribution in [0.5, 0.6) is 0 Å². The number of nitrogens with zero attached hydrogens (tertiary/aromatic N) is 2. The Bertz CT molecular complexity index is 980. The zero-order valence-corrected chi connectivity index (χ0v) is 16.5. The van der Waals surface area contributed by atoms with Crippen molar-refractivity contribution < 1.29 is 9.53 Å². The Morgan fingerprint density at radius 3 is 2.73 bits per heavy atom. The number of aromatic nitrogens is 2. The van der Waals surface area contributed by atoms with E-state index in [1.165, 1.54) is 27.7 Å². The summed E-state index contributed by atoms with van der Waals surface area (Å²) in [6, 6.07) is 10.6. The highest BCUT2D eigenvalue weighted by Crippen LogP contribution is 2.26. The van der Waals surface area contributed by atoms with Gasteiger partial charge in [-0.05, 0) is 31.2 Å². The molecule has 0 N–H and O–H groups in total. The SMILES string of the molecule is CCc1cc2c(=O)n(C(C)C(=O)OCc3ccccc3)c(SC)nc2s1. The van der Waals surface area contributed by atoms with E-state index in [-0.39, 0.29) is 12.2 Å². The Morgan fingerprint density at radius 1 is 1.35 bits per heavy atom. The van der Waals surface area contributed by atoms with Gasteiger partial charge in [0.25, 0.3) is 5.56 Å². The van der Waals surface area contributed by atoms with E-state index in [0.717, 1.165) is 21.7 Å². The number of thiophene rings is 1. The number of benzene rings is 1. The van der Waals surface area contributed by atoms with Crippen LogP contribution in [-0.4, -0.2) is 21.8 Å².